The number of fused-ring (bicyclic) bond motifs is 1. The molecule has 1 aliphatic rings. The molecule has 8 nitrogen and oxygen atoms in total. The predicted octanol–water partition coefficient (Wildman–Crippen LogP) is 4.80. The van der Waals surface area contributed by atoms with Crippen molar-refractivity contribution in [1.82, 2.24) is 19.7 Å². The Balaban J connectivity index is 1.53. The van der Waals surface area contributed by atoms with Gasteiger partial charge < -0.3 is 14.4 Å². The molecule has 8 heteroatoms. The Bertz CT molecular complexity index is 1430. The second kappa shape index (κ2) is 8.27. The fraction of sp³-hybridized carbons (Fsp3) is 0.320. The van der Waals surface area contributed by atoms with Gasteiger partial charge in [-0.1, -0.05) is 24.1 Å². The first-order chi connectivity index (χ1) is 15.9. The summed E-state index contributed by atoms with van der Waals surface area (Å²) in [6, 6.07) is 11.5. The standard InChI is InChI=1S/C25H25N5O3/c1-14-8-9-18(13-20(14)27-16(3)31)24-28-23(29-33-24)17-10-11-22-21(12-17)26-15(2)25(32)30(22)19-6-4-5-7-19/h8-13,19H,4-7H2,1-3H3,(H,27,31). The van der Waals surface area contributed by atoms with Crippen molar-refractivity contribution < 1.29 is 9.32 Å². The minimum absolute atomic E-state index is 0.0154. The van der Waals surface area contributed by atoms with Crippen molar-refractivity contribution in [2.24, 2.45) is 0 Å². The SMILES string of the molecule is CC(=O)Nc1cc(-c2nc(-c3ccc4c(c3)nc(C)c(=O)n4C3CCCC3)no2)ccc1C. The van der Waals surface area contributed by atoms with E-state index in [9.17, 15) is 9.59 Å². The van der Waals surface area contributed by atoms with Crippen LogP contribution in [0.15, 0.2) is 45.7 Å². The smallest absolute Gasteiger partial charge is 0.272 e. The summed E-state index contributed by atoms with van der Waals surface area (Å²) in [5.41, 5.74) is 5.18. The number of rotatable bonds is 4. The number of hydrogen-bond donors (Lipinski definition) is 1. The molecule has 0 aliphatic heterocycles. The summed E-state index contributed by atoms with van der Waals surface area (Å²) in [6.07, 6.45) is 4.33. The molecule has 0 atom stereocenters. The van der Waals surface area contributed by atoms with Gasteiger partial charge in [0, 0.05) is 29.8 Å². The van der Waals surface area contributed by atoms with Crippen LogP contribution in [0.4, 0.5) is 5.69 Å². The Kier molecular flexibility index (Phi) is 5.28. The van der Waals surface area contributed by atoms with Gasteiger partial charge in [-0.25, -0.2) is 4.98 Å². The number of carbonyl (C=O) groups is 1. The number of nitrogens with one attached hydrogen (secondary N) is 1. The van der Waals surface area contributed by atoms with Crippen LogP contribution >= 0.6 is 0 Å². The Morgan fingerprint density at radius 1 is 1.06 bits per heavy atom. The second-order valence-corrected chi connectivity index (χ2v) is 8.65. The van der Waals surface area contributed by atoms with E-state index in [0.717, 1.165) is 47.8 Å². The van der Waals surface area contributed by atoms with Crippen molar-refractivity contribution in [2.45, 2.75) is 52.5 Å². The molecular weight excluding hydrogens is 418 g/mol. The Morgan fingerprint density at radius 2 is 1.82 bits per heavy atom. The summed E-state index contributed by atoms with van der Waals surface area (Å²) in [5.74, 6) is 0.653. The monoisotopic (exact) mass is 443 g/mol. The largest absolute Gasteiger partial charge is 0.334 e. The van der Waals surface area contributed by atoms with Gasteiger partial charge in [0.05, 0.1) is 11.0 Å². The van der Waals surface area contributed by atoms with Crippen molar-refractivity contribution in [3.63, 3.8) is 0 Å². The van der Waals surface area contributed by atoms with Crippen LogP contribution in [0.2, 0.25) is 0 Å². The van der Waals surface area contributed by atoms with Crippen molar-refractivity contribution in [2.75, 3.05) is 5.32 Å². The van der Waals surface area contributed by atoms with E-state index >= 15 is 0 Å². The van der Waals surface area contributed by atoms with Gasteiger partial charge in [0.1, 0.15) is 5.69 Å². The molecule has 2 aromatic heterocycles. The fourth-order valence-electron chi connectivity index (χ4n) is 4.53. The third-order valence-corrected chi connectivity index (χ3v) is 6.22. The number of aryl methyl sites for hydroxylation is 2. The molecule has 1 amide bonds. The van der Waals surface area contributed by atoms with E-state index in [0.29, 0.717) is 28.7 Å². The molecule has 1 fully saturated rings. The molecule has 0 saturated heterocycles. The van der Waals surface area contributed by atoms with Crippen LogP contribution in [0.5, 0.6) is 0 Å². The summed E-state index contributed by atoms with van der Waals surface area (Å²) in [4.78, 5) is 33.4. The molecule has 5 rings (SSSR count). The van der Waals surface area contributed by atoms with E-state index in [4.69, 9.17) is 4.52 Å². The lowest BCUT2D eigenvalue weighted by atomic mass is 10.1. The molecule has 0 unspecified atom stereocenters. The zero-order chi connectivity index (χ0) is 23.1. The Hall–Kier alpha value is -3.81. The Labute approximate surface area is 190 Å². The van der Waals surface area contributed by atoms with Gasteiger partial charge >= 0.3 is 0 Å². The van der Waals surface area contributed by atoms with Crippen molar-refractivity contribution in [3.8, 4) is 22.8 Å². The number of hydrogen-bond acceptors (Lipinski definition) is 6. The van der Waals surface area contributed by atoms with Crippen molar-refractivity contribution in [1.29, 1.82) is 0 Å². The zero-order valence-corrected chi connectivity index (χ0v) is 18.9. The van der Waals surface area contributed by atoms with E-state index in [1.54, 1.807) is 6.92 Å². The molecule has 1 aliphatic carbocycles. The maximum absolute atomic E-state index is 12.8. The van der Waals surface area contributed by atoms with Gasteiger partial charge in [0.15, 0.2) is 0 Å². The second-order valence-electron chi connectivity index (χ2n) is 8.65. The number of aromatic nitrogens is 4. The minimum atomic E-state index is -0.142. The van der Waals surface area contributed by atoms with Gasteiger partial charge in [-0.15, -0.1) is 0 Å². The van der Waals surface area contributed by atoms with E-state index in [2.05, 4.69) is 20.4 Å². The molecular formula is C25H25N5O3. The van der Waals surface area contributed by atoms with Gasteiger partial charge in [-0.3, -0.25) is 9.59 Å². The van der Waals surface area contributed by atoms with Crippen LogP contribution in [0.3, 0.4) is 0 Å². The van der Waals surface area contributed by atoms with Crippen molar-refractivity contribution in [3.05, 3.63) is 58.0 Å². The van der Waals surface area contributed by atoms with Gasteiger partial charge in [0.25, 0.3) is 11.4 Å². The van der Waals surface area contributed by atoms with E-state index < -0.39 is 0 Å². The van der Waals surface area contributed by atoms with E-state index in [-0.39, 0.29) is 17.5 Å². The summed E-state index contributed by atoms with van der Waals surface area (Å²) < 4.78 is 7.42. The summed E-state index contributed by atoms with van der Waals surface area (Å²) in [6.45, 7) is 5.15. The molecule has 33 heavy (non-hydrogen) atoms. The van der Waals surface area contributed by atoms with Crippen molar-refractivity contribution >= 4 is 22.6 Å². The molecule has 2 aromatic carbocycles. The molecule has 0 bridgehead atoms. The van der Waals surface area contributed by atoms with Crippen LogP contribution in [0.1, 0.15) is 49.9 Å². The van der Waals surface area contributed by atoms with Crippen LogP contribution in [-0.4, -0.2) is 25.6 Å². The summed E-state index contributed by atoms with van der Waals surface area (Å²) >= 11 is 0. The average molecular weight is 444 g/mol. The number of amides is 1. The molecule has 4 aromatic rings. The number of carbonyl (C=O) groups excluding carboxylic acids is 1. The lowest BCUT2D eigenvalue weighted by Gasteiger charge is -2.17. The van der Waals surface area contributed by atoms with E-state index in [1.807, 2.05) is 47.9 Å². The van der Waals surface area contributed by atoms with Crippen LogP contribution in [0, 0.1) is 13.8 Å². The summed E-state index contributed by atoms with van der Waals surface area (Å²) in [7, 11) is 0. The first-order valence-electron chi connectivity index (χ1n) is 11.2. The maximum Gasteiger partial charge on any atom is 0.272 e. The van der Waals surface area contributed by atoms with Crippen LogP contribution in [0.25, 0.3) is 33.9 Å². The molecule has 0 radical (unpaired) electrons. The highest BCUT2D eigenvalue weighted by atomic mass is 16.5. The summed E-state index contributed by atoms with van der Waals surface area (Å²) in [5, 5.41) is 6.97. The molecule has 1 N–H and O–H groups in total. The Morgan fingerprint density at radius 3 is 2.58 bits per heavy atom. The minimum Gasteiger partial charge on any atom is -0.334 e. The van der Waals surface area contributed by atoms with E-state index in [1.165, 1.54) is 6.92 Å². The number of anilines is 1. The quantitative estimate of drug-likeness (QED) is 0.486. The highest BCUT2D eigenvalue weighted by Gasteiger charge is 2.22. The maximum atomic E-state index is 12.8. The zero-order valence-electron chi connectivity index (χ0n) is 18.9. The predicted molar refractivity (Wildman–Crippen MR) is 126 cm³/mol. The fourth-order valence-corrected chi connectivity index (χ4v) is 4.53. The first-order valence-corrected chi connectivity index (χ1v) is 11.2. The van der Waals surface area contributed by atoms with Gasteiger partial charge in [-0.2, -0.15) is 4.98 Å². The third kappa shape index (κ3) is 3.92. The van der Waals surface area contributed by atoms with Gasteiger partial charge in [0.2, 0.25) is 11.7 Å². The highest BCUT2D eigenvalue weighted by Crippen LogP contribution is 2.32. The molecule has 2 heterocycles. The molecule has 0 spiro atoms. The topological polar surface area (TPSA) is 103 Å². The number of nitrogens with zero attached hydrogens (tertiary/aromatic N) is 4. The molecule has 168 valence electrons. The van der Waals surface area contributed by atoms with Crippen LogP contribution in [-0.2, 0) is 4.79 Å². The lowest BCUT2D eigenvalue weighted by Crippen LogP contribution is -2.26. The average Bonchev–Trinajstić information content (AvgIpc) is 3.48. The highest BCUT2D eigenvalue weighted by molar-refractivity contribution is 5.90. The van der Waals surface area contributed by atoms with Crippen LogP contribution < -0.4 is 10.9 Å². The lowest BCUT2D eigenvalue weighted by molar-refractivity contribution is -0.114. The third-order valence-electron chi connectivity index (χ3n) is 6.22. The first kappa shape index (κ1) is 21.1. The van der Waals surface area contributed by atoms with Gasteiger partial charge in [-0.05, 0) is 62.6 Å². The molecule has 1 saturated carbocycles. The normalized spacial score (nSPS) is 14.2. The number of benzene rings is 2.